The Morgan fingerprint density at radius 1 is 1.57 bits per heavy atom. The Hall–Kier alpha value is -1.59. The lowest BCUT2D eigenvalue weighted by atomic mass is 10.2. The fraction of sp³-hybridized carbons (Fsp3) is 0.222. The molecule has 5 heteroatoms. The summed E-state index contributed by atoms with van der Waals surface area (Å²) in [5.74, 6) is -0.427. The van der Waals surface area contributed by atoms with E-state index in [0.717, 1.165) is 0 Å². The largest absolute Gasteiger partial charge is 0.419 e. The van der Waals surface area contributed by atoms with Gasteiger partial charge in [-0.25, -0.2) is 4.79 Å². The number of oxazole rings is 1. The Balaban J connectivity index is 2.73. The Kier molecular flexibility index (Phi) is 1.90. The van der Waals surface area contributed by atoms with E-state index in [1.54, 1.807) is 25.2 Å². The predicted molar refractivity (Wildman–Crippen MR) is 50.6 cm³/mol. The summed E-state index contributed by atoms with van der Waals surface area (Å²) in [5, 5.41) is 9.11. The lowest BCUT2D eigenvalue weighted by Gasteiger charge is -2.02. The van der Waals surface area contributed by atoms with Crippen LogP contribution in [0.4, 0.5) is 0 Å². The molecule has 3 N–H and O–H groups in total. The van der Waals surface area contributed by atoms with Crippen molar-refractivity contribution in [2.24, 2.45) is 12.8 Å². The third-order valence-corrected chi connectivity index (χ3v) is 2.16. The zero-order chi connectivity index (χ0) is 10.3. The van der Waals surface area contributed by atoms with Gasteiger partial charge in [0.05, 0.1) is 5.52 Å². The fourth-order valence-corrected chi connectivity index (χ4v) is 1.33. The van der Waals surface area contributed by atoms with Gasteiger partial charge in [0.25, 0.3) is 0 Å². The molecule has 1 atom stereocenters. The number of aromatic nitrogens is 1. The van der Waals surface area contributed by atoms with Crippen molar-refractivity contribution in [3.8, 4) is 0 Å². The van der Waals surface area contributed by atoms with Crippen LogP contribution in [0.15, 0.2) is 27.4 Å². The van der Waals surface area contributed by atoms with Crippen molar-refractivity contribution in [1.82, 2.24) is 4.57 Å². The topological polar surface area (TPSA) is 81.4 Å². The third kappa shape index (κ3) is 1.23. The van der Waals surface area contributed by atoms with E-state index in [2.05, 4.69) is 0 Å². The van der Waals surface area contributed by atoms with Crippen LogP contribution in [0.3, 0.4) is 0 Å². The normalized spacial score (nSPS) is 13.4. The Labute approximate surface area is 79.4 Å². The van der Waals surface area contributed by atoms with Crippen molar-refractivity contribution in [2.45, 2.75) is 6.23 Å². The molecular formula is C9H10N2O3. The molecule has 0 spiro atoms. The molecule has 1 heterocycles. The lowest BCUT2D eigenvalue weighted by molar-refractivity contribution is 0.186. The zero-order valence-electron chi connectivity index (χ0n) is 7.60. The van der Waals surface area contributed by atoms with Crippen LogP contribution in [0.2, 0.25) is 0 Å². The summed E-state index contributed by atoms with van der Waals surface area (Å²) < 4.78 is 6.32. The van der Waals surface area contributed by atoms with Gasteiger partial charge >= 0.3 is 5.76 Å². The fourth-order valence-electron chi connectivity index (χ4n) is 1.33. The zero-order valence-corrected chi connectivity index (χ0v) is 7.60. The van der Waals surface area contributed by atoms with Gasteiger partial charge < -0.3 is 15.3 Å². The molecule has 0 bridgehead atoms. The lowest BCUT2D eigenvalue weighted by Crippen LogP contribution is -2.09. The number of hydrogen-bond donors (Lipinski definition) is 2. The molecule has 0 aliphatic heterocycles. The van der Waals surface area contributed by atoms with E-state index in [0.29, 0.717) is 16.7 Å². The summed E-state index contributed by atoms with van der Waals surface area (Å²) in [6.07, 6.45) is -1.05. The molecule has 1 unspecified atom stereocenters. The van der Waals surface area contributed by atoms with E-state index in [9.17, 15) is 4.79 Å². The molecule has 0 radical (unpaired) electrons. The van der Waals surface area contributed by atoms with Crippen molar-refractivity contribution in [1.29, 1.82) is 0 Å². The van der Waals surface area contributed by atoms with Crippen LogP contribution >= 0.6 is 0 Å². The molecule has 2 rings (SSSR count). The molecule has 0 aliphatic carbocycles. The molecule has 74 valence electrons. The smallest absolute Gasteiger partial charge is 0.408 e. The number of benzene rings is 1. The maximum Gasteiger partial charge on any atom is 0.419 e. The maximum atomic E-state index is 11.1. The van der Waals surface area contributed by atoms with E-state index in [1.807, 2.05) is 0 Å². The van der Waals surface area contributed by atoms with Crippen LogP contribution in [-0.4, -0.2) is 9.67 Å². The molecule has 0 amide bonds. The van der Waals surface area contributed by atoms with Gasteiger partial charge in [-0.05, 0) is 17.7 Å². The van der Waals surface area contributed by atoms with E-state index in [1.165, 1.54) is 4.57 Å². The Morgan fingerprint density at radius 2 is 2.29 bits per heavy atom. The van der Waals surface area contributed by atoms with Crippen molar-refractivity contribution >= 4 is 11.1 Å². The van der Waals surface area contributed by atoms with Gasteiger partial charge in [0.2, 0.25) is 0 Å². The summed E-state index contributed by atoms with van der Waals surface area (Å²) in [6.45, 7) is 0. The maximum absolute atomic E-state index is 11.1. The predicted octanol–water partition coefficient (Wildman–Crippen LogP) is 0.0811. The number of nitrogens with two attached hydrogens (primary N) is 1. The second-order valence-electron chi connectivity index (χ2n) is 3.10. The molecule has 14 heavy (non-hydrogen) atoms. The van der Waals surface area contributed by atoms with Crippen LogP contribution in [0, 0.1) is 0 Å². The summed E-state index contributed by atoms with van der Waals surface area (Å²) >= 11 is 0. The molecule has 5 nitrogen and oxygen atoms in total. The summed E-state index contributed by atoms with van der Waals surface area (Å²) in [4.78, 5) is 11.1. The number of nitrogens with zero attached hydrogens (tertiary/aromatic N) is 1. The first kappa shape index (κ1) is 8.98. The monoisotopic (exact) mass is 194 g/mol. The van der Waals surface area contributed by atoms with E-state index in [4.69, 9.17) is 15.3 Å². The quantitative estimate of drug-likeness (QED) is 0.630. The second-order valence-corrected chi connectivity index (χ2v) is 3.10. The Bertz CT molecular complexity index is 524. The van der Waals surface area contributed by atoms with Crippen LogP contribution in [0.1, 0.15) is 11.8 Å². The second kappa shape index (κ2) is 2.97. The molecule has 0 saturated carbocycles. The van der Waals surface area contributed by atoms with Gasteiger partial charge in [0.15, 0.2) is 5.58 Å². The van der Waals surface area contributed by atoms with Gasteiger partial charge in [-0.3, -0.25) is 4.57 Å². The number of aliphatic hydroxyl groups excluding tert-OH is 1. The van der Waals surface area contributed by atoms with Gasteiger partial charge in [-0.1, -0.05) is 6.07 Å². The number of aryl methyl sites for hydroxylation is 1. The minimum atomic E-state index is -1.05. The first-order valence-corrected chi connectivity index (χ1v) is 4.13. The average Bonchev–Trinajstić information content (AvgIpc) is 2.42. The third-order valence-electron chi connectivity index (χ3n) is 2.16. The first-order valence-electron chi connectivity index (χ1n) is 4.13. The number of aliphatic hydroxyl groups is 1. The van der Waals surface area contributed by atoms with Gasteiger partial charge in [0.1, 0.15) is 6.23 Å². The first-order chi connectivity index (χ1) is 6.59. The van der Waals surface area contributed by atoms with Crippen LogP contribution < -0.4 is 11.5 Å². The highest BCUT2D eigenvalue weighted by Crippen LogP contribution is 2.16. The van der Waals surface area contributed by atoms with Crippen molar-refractivity contribution in [2.75, 3.05) is 0 Å². The van der Waals surface area contributed by atoms with Crippen molar-refractivity contribution in [3.05, 3.63) is 34.3 Å². The number of fused-ring (bicyclic) bond motifs is 1. The molecule has 0 aliphatic rings. The van der Waals surface area contributed by atoms with Crippen molar-refractivity contribution in [3.63, 3.8) is 0 Å². The summed E-state index contributed by atoms with van der Waals surface area (Å²) in [6, 6.07) is 4.90. The average molecular weight is 194 g/mol. The van der Waals surface area contributed by atoms with Crippen LogP contribution in [0.25, 0.3) is 11.1 Å². The van der Waals surface area contributed by atoms with E-state index >= 15 is 0 Å². The molecule has 0 fully saturated rings. The molecular weight excluding hydrogens is 184 g/mol. The molecule has 0 saturated heterocycles. The minimum absolute atomic E-state index is 0.427. The standard InChI is InChI=1S/C9H10N2O3/c1-11-6-3-2-5(8(10)12)4-7(6)14-9(11)13/h2-4,8,12H,10H2,1H3. The van der Waals surface area contributed by atoms with Crippen LogP contribution in [0.5, 0.6) is 0 Å². The highest BCUT2D eigenvalue weighted by Gasteiger charge is 2.08. The molecule has 1 aromatic carbocycles. The van der Waals surface area contributed by atoms with E-state index in [-0.39, 0.29) is 0 Å². The molecule has 1 aromatic heterocycles. The minimum Gasteiger partial charge on any atom is -0.408 e. The number of rotatable bonds is 1. The highest BCUT2D eigenvalue weighted by atomic mass is 16.4. The van der Waals surface area contributed by atoms with Crippen LogP contribution in [-0.2, 0) is 7.05 Å². The Morgan fingerprint density at radius 3 is 2.93 bits per heavy atom. The highest BCUT2D eigenvalue weighted by molar-refractivity contribution is 5.73. The summed E-state index contributed by atoms with van der Waals surface area (Å²) in [7, 11) is 1.62. The number of hydrogen-bond acceptors (Lipinski definition) is 4. The van der Waals surface area contributed by atoms with Gasteiger partial charge in [-0.2, -0.15) is 0 Å². The van der Waals surface area contributed by atoms with Gasteiger partial charge in [0, 0.05) is 7.05 Å². The SMILES string of the molecule is Cn1c(=O)oc2cc(C(N)O)ccc21. The van der Waals surface area contributed by atoms with Crippen molar-refractivity contribution < 1.29 is 9.52 Å². The molecule has 2 aromatic rings. The summed E-state index contributed by atoms with van der Waals surface area (Å²) in [5.41, 5.74) is 6.91. The van der Waals surface area contributed by atoms with E-state index < -0.39 is 12.0 Å². The van der Waals surface area contributed by atoms with Gasteiger partial charge in [-0.15, -0.1) is 0 Å².